The summed E-state index contributed by atoms with van der Waals surface area (Å²) >= 11 is 0. The summed E-state index contributed by atoms with van der Waals surface area (Å²) in [5.41, 5.74) is 0. The molecule has 0 amide bonds. The van der Waals surface area contributed by atoms with Crippen molar-refractivity contribution in [3.63, 3.8) is 0 Å². The van der Waals surface area contributed by atoms with E-state index < -0.39 is 17.9 Å². The molecule has 0 fully saturated rings. The molecule has 0 spiro atoms. The molecule has 0 heterocycles. The summed E-state index contributed by atoms with van der Waals surface area (Å²) in [7, 11) is 0. The van der Waals surface area contributed by atoms with Crippen molar-refractivity contribution in [1.29, 1.82) is 0 Å². The maximum Gasteiger partial charge on any atom is 0.300 e. The van der Waals surface area contributed by atoms with E-state index in [1.54, 1.807) is 0 Å². The first-order valence-corrected chi connectivity index (χ1v) is 2.78. The first-order chi connectivity index (χ1) is 5.20. The van der Waals surface area contributed by atoms with Crippen LogP contribution < -0.4 is 0 Å². The van der Waals surface area contributed by atoms with Crippen LogP contribution in [0.5, 0.6) is 0 Å². The first-order valence-electron chi connectivity index (χ1n) is 2.78. The van der Waals surface area contributed by atoms with Crippen LogP contribution in [0.2, 0.25) is 0 Å². The van der Waals surface area contributed by atoms with Gasteiger partial charge < -0.3 is 48.2 Å². The second-order valence-corrected chi connectivity index (χ2v) is 1.56. The number of rotatable bonds is 0. The molecule has 0 aliphatic carbocycles. The van der Waals surface area contributed by atoms with Crippen molar-refractivity contribution >= 4 is 17.9 Å². The molecule has 134 valence electrons. The molecule has 0 aliphatic rings. The van der Waals surface area contributed by atoms with Crippen LogP contribution >= 0.6 is 0 Å². The van der Waals surface area contributed by atoms with Crippen LogP contribution in [0.4, 0.5) is 0 Å². The fourth-order valence-electron chi connectivity index (χ4n) is 0. The molecule has 0 radical (unpaired) electrons. The summed E-state index contributed by atoms with van der Waals surface area (Å²) in [6, 6.07) is 0. The molecular formula is C6H24O12Yb. The quantitative estimate of drug-likeness (QED) is 0.318. The molecule has 0 saturated carbocycles. The molecule has 13 heteroatoms. The topological polar surface area (TPSA) is 301 Å². The Hall–Kier alpha value is -0.311. The predicted molar refractivity (Wildman–Crippen MR) is 61.6 cm³/mol. The summed E-state index contributed by atoms with van der Waals surface area (Å²) in [4.78, 5) is 27.0. The number of carbonyl (C=O) groups is 3. The van der Waals surface area contributed by atoms with Gasteiger partial charge >= 0.3 is 0 Å². The van der Waals surface area contributed by atoms with Crippen LogP contribution in [-0.4, -0.2) is 66.1 Å². The van der Waals surface area contributed by atoms with Crippen LogP contribution in [0.1, 0.15) is 20.8 Å². The van der Waals surface area contributed by atoms with Crippen molar-refractivity contribution in [3.05, 3.63) is 0 Å². The van der Waals surface area contributed by atoms with Gasteiger partial charge in [0.15, 0.2) is 0 Å². The van der Waals surface area contributed by atoms with Crippen molar-refractivity contribution in [3.8, 4) is 0 Å². The van der Waals surface area contributed by atoms with E-state index in [0.717, 1.165) is 20.8 Å². The van der Waals surface area contributed by atoms with E-state index in [1.807, 2.05) is 0 Å². The molecule has 0 saturated heterocycles. The van der Waals surface area contributed by atoms with Gasteiger partial charge in [0.25, 0.3) is 17.9 Å². The Morgan fingerprint density at radius 1 is 0.526 bits per heavy atom. The van der Waals surface area contributed by atoms with Crippen LogP contribution in [0.15, 0.2) is 0 Å². The fourth-order valence-corrected chi connectivity index (χ4v) is 0. The molecule has 12 nitrogen and oxygen atoms in total. The van der Waals surface area contributed by atoms with Gasteiger partial charge in [-0.3, -0.25) is 14.4 Å². The van der Waals surface area contributed by atoms with Gasteiger partial charge in [0.1, 0.15) is 0 Å². The third-order valence-corrected chi connectivity index (χ3v) is 0. The van der Waals surface area contributed by atoms with E-state index in [1.165, 1.54) is 0 Å². The Bertz CT molecular complexity index is 120. The molecule has 0 rings (SSSR count). The summed E-state index contributed by atoms with van der Waals surface area (Å²) in [5.74, 6) is -2.50. The van der Waals surface area contributed by atoms with Gasteiger partial charge in [-0.1, -0.05) is 0 Å². The molecule has 0 aromatic carbocycles. The number of carboxylic acid groups (broad SMARTS) is 3. The summed E-state index contributed by atoms with van der Waals surface area (Å²) in [6.07, 6.45) is 0. The minimum Gasteiger partial charge on any atom is -0.481 e. The molecule has 0 aromatic rings. The monoisotopic (exact) mass is 462 g/mol. The average Bonchev–Trinajstić information content (AvgIpc) is 1.54. The van der Waals surface area contributed by atoms with E-state index in [0.29, 0.717) is 0 Å². The SMILES string of the molecule is CC(=O)O.CC(=O)O.CC(=O)O.O.O.O.O.O.O.[Yb]. The maximum atomic E-state index is 9.00. The van der Waals surface area contributed by atoms with Gasteiger partial charge in [0.05, 0.1) is 0 Å². The van der Waals surface area contributed by atoms with E-state index in [4.69, 9.17) is 29.7 Å². The third kappa shape index (κ3) is 45200. The maximum absolute atomic E-state index is 9.00. The second-order valence-electron chi connectivity index (χ2n) is 1.56. The Morgan fingerprint density at radius 3 is 0.526 bits per heavy atom. The molecule has 0 unspecified atom stereocenters. The van der Waals surface area contributed by atoms with Crippen LogP contribution in [0, 0.1) is 46.9 Å². The first kappa shape index (κ1) is 77.5. The van der Waals surface area contributed by atoms with Gasteiger partial charge in [-0.15, -0.1) is 0 Å². The summed E-state index contributed by atoms with van der Waals surface area (Å²) < 4.78 is 0. The second kappa shape index (κ2) is 65.3. The minimum atomic E-state index is -0.833. The Kier molecular flexibility index (Phi) is 266. The Labute approximate surface area is 147 Å². The largest absolute Gasteiger partial charge is 0.481 e. The van der Waals surface area contributed by atoms with Crippen LogP contribution in [-0.2, 0) is 14.4 Å². The molecule has 19 heavy (non-hydrogen) atoms. The fraction of sp³-hybridized carbons (Fsp3) is 0.500. The molecule has 0 aromatic heterocycles. The summed E-state index contributed by atoms with van der Waals surface area (Å²) in [5, 5.41) is 22.2. The van der Waals surface area contributed by atoms with Gasteiger partial charge in [-0.2, -0.15) is 0 Å². The number of aliphatic carboxylic acids is 3. The van der Waals surface area contributed by atoms with Gasteiger partial charge in [0.2, 0.25) is 0 Å². The van der Waals surface area contributed by atoms with Crippen molar-refractivity contribution in [2.45, 2.75) is 20.8 Å². The molecule has 0 atom stereocenters. The third-order valence-electron chi connectivity index (χ3n) is 0. The van der Waals surface area contributed by atoms with E-state index in [2.05, 4.69) is 0 Å². The number of carboxylic acids is 3. The molecule has 0 aliphatic heterocycles. The van der Waals surface area contributed by atoms with Crippen LogP contribution in [0.3, 0.4) is 0 Å². The predicted octanol–water partition coefficient (Wildman–Crippen LogP) is -4.68. The number of hydrogen-bond acceptors (Lipinski definition) is 3. The molecule has 15 N–H and O–H groups in total. The van der Waals surface area contributed by atoms with Gasteiger partial charge in [-0.05, 0) is 0 Å². The zero-order valence-corrected chi connectivity index (χ0v) is 12.0. The van der Waals surface area contributed by atoms with E-state index >= 15 is 0 Å². The number of hydrogen-bond donors (Lipinski definition) is 3. The standard InChI is InChI=1S/3C2H4O2.6H2O.Yb/c3*1-2(3)4;;;;;;;/h3*1H3,(H,3,4);6*1H2;. The summed E-state index contributed by atoms with van der Waals surface area (Å²) in [6.45, 7) is 3.25. The zero-order chi connectivity index (χ0) is 10.7. The average molecular weight is 461 g/mol. The Balaban J connectivity index is -0.00000000675. The van der Waals surface area contributed by atoms with E-state index in [-0.39, 0.29) is 79.8 Å². The van der Waals surface area contributed by atoms with Crippen molar-refractivity contribution in [2.24, 2.45) is 0 Å². The zero-order valence-electron chi connectivity index (χ0n) is 10.3. The minimum absolute atomic E-state index is 0. The van der Waals surface area contributed by atoms with Crippen molar-refractivity contribution in [1.82, 2.24) is 0 Å². The smallest absolute Gasteiger partial charge is 0.300 e. The molecule has 0 bridgehead atoms. The van der Waals surface area contributed by atoms with E-state index in [9.17, 15) is 0 Å². The van der Waals surface area contributed by atoms with Crippen LogP contribution in [0.25, 0.3) is 0 Å². The molecular weight excluding hydrogens is 437 g/mol. The van der Waals surface area contributed by atoms with Crippen molar-refractivity contribution < 1.29 is 109 Å². The van der Waals surface area contributed by atoms with Crippen molar-refractivity contribution in [2.75, 3.05) is 0 Å². The Morgan fingerprint density at radius 2 is 0.526 bits per heavy atom. The van der Waals surface area contributed by atoms with Gasteiger partial charge in [-0.25, -0.2) is 0 Å². The normalized spacial score (nSPS) is 3.95. The van der Waals surface area contributed by atoms with Gasteiger partial charge in [0, 0.05) is 67.7 Å².